The second kappa shape index (κ2) is 7.04. The van der Waals surface area contributed by atoms with E-state index in [4.69, 9.17) is 0 Å². The Morgan fingerprint density at radius 3 is 2.57 bits per heavy atom. The second-order valence-corrected chi connectivity index (χ2v) is 7.57. The first-order valence-electron chi connectivity index (χ1n) is 9.13. The van der Waals surface area contributed by atoms with Gasteiger partial charge in [0, 0.05) is 19.5 Å². The molecule has 1 aliphatic carbocycles. The Kier molecular flexibility index (Phi) is 5.05. The van der Waals surface area contributed by atoms with Crippen LogP contribution in [0.4, 0.5) is 0 Å². The number of carbonyl (C=O) groups excluding carboxylic acids is 1. The fourth-order valence-electron chi connectivity index (χ4n) is 4.19. The van der Waals surface area contributed by atoms with Crippen LogP contribution in [0.15, 0.2) is 30.3 Å². The number of piperidine rings is 1. The van der Waals surface area contributed by atoms with Gasteiger partial charge in [-0.3, -0.25) is 4.79 Å². The van der Waals surface area contributed by atoms with Gasteiger partial charge in [0.15, 0.2) is 0 Å². The molecule has 0 aromatic heterocycles. The molecule has 3 heteroatoms. The first-order valence-corrected chi connectivity index (χ1v) is 9.13. The van der Waals surface area contributed by atoms with Gasteiger partial charge in [-0.1, -0.05) is 50.1 Å². The quantitative estimate of drug-likeness (QED) is 0.928. The van der Waals surface area contributed by atoms with E-state index in [0.717, 1.165) is 57.2 Å². The SMILES string of the molecule is CC1CCN(C(=O)C2CCCCC2(O)Cc2ccccc2)CC1. The Hall–Kier alpha value is -1.35. The molecule has 1 saturated carbocycles. The lowest BCUT2D eigenvalue weighted by Crippen LogP contribution is -2.52. The molecule has 1 amide bonds. The minimum absolute atomic E-state index is 0.190. The third kappa shape index (κ3) is 3.77. The molecule has 0 spiro atoms. The average Bonchev–Trinajstić information content (AvgIpc) is 2.56. The van der Waals surface area contributed by atoms with Gasteiger partial charge in [-0.05, 0) is 37.2 Å². The Bertz CT molecular complexity index is 522. The lowest BCUT2D eigenvalue weighted by molar-refractivity contribution is -0.150. The summed E-state index contributed by atoms with van der Waals surface area (Å²) in [5, 5.41) is 11.3. The van der Waals surface area contributed by atoms with Crippen molar-refractivity contribution < 1.29 is 9.90 Å². The van der Waals surface area contributed by atoms with Gasteiger partial charge in [-0.15, -0.1) is 0 Å². The fourth-order valence-corrected chi connectivity index (χ4v) is 4.19. The Balaban J connectivity index is 1.74. The van der Waals surface area contributed by atoms with E-state index in [2.05, 4.69) is 19.1 Å². The van der Waals surface area contributed by atoms with E-state index in [1.807, 2.05) is 23.1 Å². The van der Waals surface area contributed by atoms with Crippen LogP contribution in [0.1, 0.15) is 51.0 Å². The molecular formula is C20H29NO2. The van der Waals surface area contributed by atoms with E-state index in [-0.39, 0.29) is 11.8 Å². The van der Waals surface area contributed by atoms with Crippen molar-refractivity contribution in [3.63, 3.8) is 0 Å². The molecule has 1 heterocycles. The number of hydrogen-bond donors (Lipinski definition) is 1. The zero-order chi connectivity index (χ0) is 16.3. The van der Waals surface area contributed by atoms with Gasteiger partial charge < -0.3 is 10.0 Å². The minimum atomic E-state index is -0.875. The van der Waals surface area contributed by atoms with Crippen molar-refractivity contribution in [2.75, 3.05) is 13.1 Å². The zero-order valence-electron chi connectivity index (χ0n) is 14.2. The number of amides is 1. The van der Waals surface area contributed by atoms with Crippen LogP contribution in [0.25, 0.3) is 0 Å². The van der Waals surface area contributed by atoms with Gasteiger partial charge in [0.25, 0.3) is 0 Å². The maximum absolute atomic E-state index is 13.0. The van der Waals surface area contributed by atoms with Crippen LogP contribution in [0.2, 0.25) is 0 Å². The largest absolute Gasteiger partial charge is 0.389 e. The standard InChI is InChI=1S/C20H29NO2/c1-16-10-13-21(14-11-16)19(22)18-9-5-6-12-20(18,23)15-17-7-3-2-4-8-17/h2-4,7-8,16,18,23H,5-6,9-15H2,1H3. The van der Waals surface area contributed by atoms with E-state index in [1.54, 1.807) is 0 Å². The highest BCUT2D eigenvalue weighted by molar-refractivity contribution is 5.80. The summed E-state index contributed by atoms with van der Waals surface area (Å²) in [5.41, 5.74) is 0.252. The van der Waals surface area contributed by atoms with E-state index in [1.165, 1.54) is 0 Å². The van der Waals surface area contributed by atoms with Gasteiger partial charge in [-0.2, -0.15) is 0 Å². The number of hydrogen-bond acceptors (Lipinski definition) is 2. The van der Waals surface area contributed by atoms with Crippen molar-refractivity contribution >= 4 is 5.91 Å². The van der Waals surface area contributed by atoms with Gasteiger partial charge in [0.05, 0.1) is 11.5 Å². The van der Waals surface area contributed by atoms with Gasteiger partial charge in [-0.25, -0.2) is 0 Å². The molecule has 126 valence electrons. The Morgan fingerprint density at radius 1 is 1.17 bits per heavy atom. The van der Waals surface area contributed by atoms with E-state index < -0.39 is 5.60 Å². The summed E-state index contributed by atoms with van der Waals surface area (Å²) in [6.45, 7) is 3.98. The summed E-state index contributed by atoms with van der Waals surface area (Å²) >= 11 is 0. The third-order valence-corrected chi connectivity index (χ3v) is 5.75. The van der Waals surface area contributed by atoms with Crippen molar-refractivity contribution in [2.45, 2.75) is 57.5 Å². The maximum atomic E-state index is 13.0. The molecule has 0 bridgehead atoms. The summed E-state index contributed by atoms with van der Waals surface area (Å²) in [4.78, 5) is 15.0. The molecule has 1 aliphatic heterocycles. The van der Waals surface area contributed by atoms with Crippen LogP contribution in [0.5, 0.6) is 0 Å². The summed E-state index contributed by atoms with van der Waals surface area (Å²) < 4.78 is 0. The molecule has 1 aromatic rings. The predicted octanol–water partition coefficient (Wildman–Crippen LogP) is 3.41. The molecule has 1 aromatic carbocycles. The van der Waals surface area contributed by atoms with Crippen LogP contribution in [-0.4, -0.2) is 34.6 Å². The van der Waals surface area contributed by atoms with Crippen molar-refractivity contribution in [3.8, 4) is 0 Å². The van der Waals surface area contributed by atoms with E-state index in [0.29, 0.717) is 12.3 Å². The lowest BCUT2D eigenvalue weighted by Gasteiger charge is -2.42. The molecule has 2 unspecified atom stereocenters. The lowest BCUT2D eigenvalue weighted by atomic mass is 9.71. The average molecular weight is 315 g/mol. The van der Waals surface area contributed by atoms with Crippen LogP contribution in [0, 0.1) is 11.8 Å². The number of benzene rings is 1. The molecule has 23 heavy (non-hydrogen) atoms. The van der Waals surface area contributed by atoms with E-state index in [9.17, 15) is 9.90 Å². The molecule has 0 radical (unpaired) electrons. The summed E-state index contributed by atoms with van der Waals surface area (Å²) in [5.74, 6) is 0.675. The van der Waals surface area contributed by atoms with Crippen LogP contribution < -0.4 is 0 Å². The minimum Gasteiger partial charge on any atom is -0.389 e. The molecular weight excluding hydrogens is 286 g/mol. The highest BCUT2D eigenvalue weighted by atomic mass is 16.3. The van der Waals surface area contributed by atoms with E-state index >= 15 is 0 Å². The molecule has 1 N–H and O–H groups in total. The monoisotopic (exact) mass is 315 g/mol. The number of carbonyl (C=O) groups is 1. The van der Waals surface area contributed by atoms with Crippen LogP contribution in [-0.2, 0) is 11.2 Å². The summed E-state index contributed by atoms with van der Waals surface area (Å²) in [7, 11) is 0. The van der Waals surface area contributed by atoms with Crippen LogP contribution in [0.3, 0.4) is 0 Å². The van der Waals surface area contributed by atoms with Crippen molar-refractivity contribution in [1.82, 2.24) is 4.90 Å². The van der Waals surface area contributed by atoms with Crippen LogP contribution >= 0.6 is 0 Å². The summed E-state index contributed by atoms with van der Waals surface area (Å²) in [6.07, 6.45) is 6.41. The van der Waals surface area contributed by atoms with Crippen molar-refractivity contribution in [2.24, 2.45) is 11.8 Å². The smallest absolute Gasteiger partial charge is 0.228 e. The van der Waals surface area contributed by atoms with Gasteiger partial charge in [0.2, 0.25) is 5.91 Å². The highest BCUT2D eigenvalue weighted by Gasteiger charge is 2.44. The number of aliphatic hydroxyl groups is 1. The first kappa shape index (κ1) is 16.5. The number of likely N-dealkylation sites (tertiary alicyclic amines) is 1. The molecule has 2 aliphatic rings. The Labute approximate surface area is 139 Å². The topological polar surface area (TPSA) is 40.5 Å². The zero-order valence-corrected chi connectivity index (χ0v) is 14.2. The fraction of sp³-hybridized carbons (Fsp3) is 0.650. The van der Waals surface area contributed by atoms with Crippen molar-refractivity contribution in [3.05, 3.63) is 35.9 Å². The predicted molar refractivity (Wildman–Crippen MR) is 92.0 cm³/mol. The molecule has 1 saturated heterocycles. The third-order valence-electron chi connectivity index (χ3n) is 5.75. The number of nitrogens with zero attached hydrogens (tertiary/aromatic N) is 1. The molecule has 2 atom stereocenters. The second-order valence-electron chi connectivity index (χ2n) is 7.57. The Morgan fingerprint density at radius 2 is 1.87 bits per heavy atom. The highest BCUT2D eigenvalue weighted by Crippen LogP contribution is 2.38. The number of rotatable bonds is 3. The molecule has 2 fully saturated rings. The summed E-state index contributed by atoms with van der Waals surface area (Å²) in [6, 6.07) is 10.1. The molecule has 3 nitrogen and oxygen atoms in total. The van der Waals surface area contributed by atoms with Gasteiger partial charge in [0.1, 0.15) is 0 Å². The van der Waals surface area contributed by atoms with Crippen molar-refractivity contribution in [1.29, 1.82) is 0 Å². The normalized spacial score (nSPS) is 29.5. The maximum Gasteiger partial charge on any atom is 0.228 e. The molecule has 3 rings (SSSR count). The van der Waals surface area contributed by atoms with Gasteiger partial charge >= 0.3 is 0 Å². The first-order chi connectivity index (χ1) is 11.1.